The minimum Gasteiger partial charge on any atom is -0.453 e. The molecule has 2 N–H and O–H groups in total. The van der Waals surface area contributed by atoms with Gasteiger partial charge >= 0.3 is 0 Å². The summed E-state index contributed by atoms with van der Waals surface area (Å²) >= 11 is 3.36. The topological polar surface area (TPSA) is 69.4 Å². The number of nitrogens with one attached hydrogen (secondary N) is 2. The lowest BCUT2D eigenvalue weighted by atomic mass is 10.0. The molecular formula is C22H20BrFN4O. The first-order chi connectivity index (χ1) is 14.0. The zero-order valence-electron chi connectivity index (χ0n) is 16.1. The Morgan fingerprint density at radius 1 is 1.28 bits per heavy atom. The summed E-state index contributed by atoms with van der Waals surface area (Å²) in [6.07, 6.45) is 6.56. The molecule has 3 rings (SSSR count). The molecule has 1 aliphatic heterocycles. The van der Waals surface area contributed by atoms with E-state index in [-0.39, 0.29) is 5.75 Å². The van der Waals surface area contributed by atoms with Gasteiger partial charge in [0.25, 0.3) is 0 Å². The average Bonchev–Trinajstić information content (AvgIpc) is 2.73. The van der Waals surface area contributed by atoms with Gasteiger partial charge in [-0.3, -0.25) is 4.99 Å². The van der Waals surface area contributed by atoms with Crippen LogP contribution in [0.1, 0.15) is 23.1 Å². The molecule has 0 saturated carbocycles. The molecule has 7 heteroatoms. The summed E-state index contributed by atoms with van der Waals surface area (Å²) in [6, 6.07) is 10.7. The van der Waals surface area contributed by atoms with Crippen molar-refractivity contribution >= 4 is 21.6 Å². The first-order valence-corrected chi connectivity index (χ1v) is 9.81. The Morgan fingerprint density at radius 2 is 2.10 bits per heavy atom. The number of nitriles is 1. The van der Waals surface area contributed by atoms with Gasteiger partial charge < -0.3 is 15.6 Å². The van der Waals surface area contributed by atoms with Crippen LogP contribution in [-0.2, 0) is 6.42 Å². The molecule has 0 fully saturated rings. The Balaban J connectivity index is 1.82. The van der Waals surface area contributed by atoms with Crippen molar-refractivity contribution in [3.8, 4) is 17.6 Å². The molecule has 29 heavy (non-hydrogen) atoms. The largest absolute Gasteiger partial charge is 0.453 e. The van der Waals surface area contributed by atoms with Gasteiger partial charge in [-0.05, 0) is 77.2 Å². The molecule has 148 valence electrons. The fourth-order valence-electron chi connectivity index (χ4n) is 3.01. The Labute approximate surface area is 177 Å². The summed E-state index contributed by atoms with van der Waals surface area (Å²) < 4.78 is 21.5. The number of benzene rings is 2. The van der Waals surface area contributed by atoms with E-state index in [0.29, 0.717) is 34.2 Å². The number of ether oxygens (including phenoxy) is 1. The monoisotopic (exact) mass is 454 g/mol. The van der Waals surface area contributed by atoms with Crippen molar-refractivity contribution in [2.45, 2.75) is 19.8 Å². The molecule has 0 bridgehead atoms. The van der Waals surface area contributed by atoms with Gasteiger partial charge in [0.05, 0.1) is 16.1 Å². The van der Waals surface area contributed by atoms with Crippen molar-refractivity contribution in [2.24, 2.45) is 4.99 Å². The molecule has 0 atom stereocenters. The van der Waals surface area contributed by atoms with Gasteiger partial charge in [0.15, 0.2) is 11.6 Å². The Hall–Kier alpha value is -3.11. The summed E-state index contributed by atoms with van der Waals surface area (Å²) in [7, 11) is 1.73. The van der Waals surface area contributed by atoms with Crippen LogP contribution in [0.25, 0.3) is 0 Å². The molecule has 2 aromatic carbocycles. The summed E-state index contributed by atoms with van der Waals surface area (Å²) in [5.41, 5.74) is 9.46. The van der Waals surface area contributed by atoms with Crippen molar-refractivity contribution < 1.29 is 9.13 Å². The van der Waals surface area contributed by atoms with Crippen LogP contribution < -0.4 is 15.6 Å². The average molecular weight is 455 g/mol. The maximum absolute atomic E-state index is 15.2. The lowest BCUT2D eigenvalue weighted by molar-refractivity contribution is 0.435. The number of aryl methyl sites for hydroxylation is 2. The molecule has 0 unspecified atom stereocenters. The lowest BCUT2D eigenvalue weighted by Gasteiger charge is -2.15. The molecular weight excluding hydrogens is 435 g/mol. The maximum atomic E-state index is 15.2. The zero-order valence-corrected chi connectivity index (χ0v) is 17.7. The van der Waals surface area contributed by atoms with Crippen molar-refractivity contribution in [2.75, 3.05) is 7.05 Å². The van der Waals surface area contributed by atoms with E-state index in [9.17, 15) is 0 Å². The predicted octanol–water partition coefficient (Wildman–Crippen LogP) is 5.07. The Morgan fingerprint density at radius 3 is 2.79 bits per heavy atom. The van der Waals surface area contributed by atoms with Crippen molar-refractivity contribution in [1.82, 2.24) is 10.9 Å². The van der Waals surface area contributed by atoms with Gasteiger partial charge in [0.1, 0.15) is 5.75 Å². The standard InChI is InChI=1S/C22H20BrFN4O/c1-14-9-15(12-25)11-18(10-14)29-22-19(23)5-3-16(21(22)24)4-6-20(26-2)17-7-8-27-28-13-17/h3,5,7-11,13,27-28H,4,6H2,1-2H3. The minimum absolute atomic E-state index is 0.106. The smallest absolute Gasteiger partial charge is 0.177 e. The van der Waals surface area contributed by atoms with Crippen LogP contribution in [0, 0.1) is 24.1 Å². The predicted molar refractivity (Wildman–Crippen MR) is 115 cm³/mol. The molecule has 5 nitrogen and oxygen atoms in total. The van der Waals surface area contributed by atoms with E-state index in [1.165, 1.54) is 0 Å². The highest BCUT2D eigenvalue weighted by atomic mass is 79.9. The van der Waals surface area contributed by atoms with Gasteiger partial charge in [0, 0.05) is 30.7 Å². The summed E-state index contributed by atoms with van der Waals surface area (Å²) in [6.45, 7) is 1.86. The minimum atomic E-state index is -0.428. The second kappa shape index (κ2) is 9.39. The highest BCUT2D eigenvalue weighted by Gasteiger charge is 2.16. The fraction of sp³-hybridized carbons (Fsp3) is 0.182. The fourth-order valence-corrected chi connectivity index (χ4v) is 3.40. The molecule has 0 spiro atoms. The third-order valence-corrected chi connectivity index (χ3v) is 5.04. The Kier molecular flexibility index (Phi) is 6.68. The summed E-state index contributed by atoms with van der Waals surface area (Å²) in [5.74, 6) is 0.0996. The zero-order chi connectivity index (χ0) is 20.8. The quantitative estimate of drug-likeness (QED) is 0.597. The van der Waals surface area contributed by atoms with Gasteiger partial charge in [-0.15, -0.1) is 0 Å². The second-order valence-electron chi connectivity index (χ2n) is 6.49. The molecule has 1 aliphatic rings. The molecule has 0 amide bonds. The van der Waals surface area contributed by atoms with Gasteiger partial charge in [-0.1, -0.05) is 6.07 Å². The summed E-state index contributed by atoms with van der Waals surface area (Å²) in [4.78, 5) is 4.33. The number of hydrogen-bond acceptors (Lipinski definition) is 5. The lowest BCUT2D eigenvalue weighted by Crippen LogP contribution is -2.25. The summed E-state index contributed by atoms with van der Waals surface area (Å²) in [5, 5.41) is 9.14. The third-order valence-electron chi connectivity index (χ3n) is 4.42. The first-order valence-electron chi connectivity index (χ1n) is 9.02. The molecule has 1 heterocycles. The van der Waals surface area contributed by atoms with E-state index in [1.807, 2.05) is 19.2 Å². The number of allylic oxidation sites excluding steroid dienone is 2. The van der Waals surface area contributed by atoms with Gasteiger partial charge in [-0.25, -0.2) is 4.39 Å². The van der Waals surface area contributed by atoms with Crippen LogP contribution in [0.15, 0.2) is 63.8 Å². The number of hydrazine groups is 1. The van der Waals surface area contributed by atoms with Crippen molar-refractivity contribution in [1.29, 1.82) is 5.26 Å². The van der Waals surface area contributed by atoms with Crippen molar-refractivity contribution in [3.05, 3.63) is 81.4 Å². The van der Waals surface area contributed by atoms with Crippen LogP contribution in [0.3, 0.4) is 0 Å². The molecule has 0 saturated heterocycles. The number of nitrogens with zero attached hydrogens (tertiary/aromatic N) is 2. The highest BCUT2D eigenvalue weighted by molar-refractivity contribution is 9.10. The van der Waals surface area contributed by atoms with Crippen LogP contribution >= 0.6 is 15.9 Å². The van der Waals surface area contributed by atoms with Gasteiger partial charge in [-0.2, -0.15) is 5.26 Å². The van der Waals surface area contributed by atoms with Crippen molar-refractivity contribution in [3.63, 3.8) is 0 Å². The van der Waals surface area contributed by atoms with E-state index in [4.69, 9.17) is 10.00 Å². The van der Waals surface area contributed by atoms with E-state index in [2.05, 4.69) is 37.8 Å². The van der Waals surface area contributed by atoms with E-state index < -0.39 is 5.82 Å². The van der Waals surface area contributed by atoms with Crippen LogP contribution in [0.4, 0.5) is 4.39 Å². The SMILES string of the molecule is CN=C(CCc1ccc(Br)c(Oc2cc(C)cc(C#N)c2)c1F)C1=CNNC=C1. The number of hydrogen-bond donors (Lipinski definition) is 2. The second-order valence-corrected chi connectivity index (χ2v) is 7.34. The first kappa shape index (κ1) is 20.6. The molecule has 0 radical (unpaired) electrons. The van der Waals surface area contributed by atoms with E-state index >= 15 is 4.39 Å². The van der Waals surface area contributed by atoms with Gasteiger partial charge in [0.2, 0.25) is 0 Å². The molecule has 2 aromatic rings. The molecule has 0 aliphatic carbocycles. The number of rotatable bonds is 6. The molecule has 0 aromatic heterocycles. The maximum Gasteiger partial charge on any atom is 0.177 e. The van der Waals surface area contributed by atoms with Crippen LogP contribution in [0.5, 0.6) is 11.5 Å². The Bertz CT molecular complexity index is 1050. The normalized spacial score (nSPS) is 13.2. The van der Waals surface area contributed by atoms with Crippen LogP contribution in [-0.4, -0.2) is 12.8 Å². The van der Waals surface area contributed by atoms with E-state index in [0.717, 1.165) is 16.8 Å². The third kappa shape index (κ3) is 5.04. The number of aliphatic imine (C=N–C) groups is 1. The number of halogens is 2. The highest BCUT2D eigenvalue weighted by Crippen LogP contribution is 2.35. The van der Waals surface area contributed by atoms with E-state index in [1.54, 1.807) is 43.6 Å². The van der Waals surface area contributed by atoms with Crippen LogP contribution in [0.2, 0.25) is 0 Å².